The number of hydrogen-bond donors (Lipinski definition) is 1. The maximum Gasteiger partial charge on any atom is 0.251 e. The zero-order valence-corrected chi connectivity index (χ0v) is 17.5. The van der Waals surface area contributed by atoms with E-state index >= 15 is 0 Å². The highest BCUT2D eigenvalue weighted by Crippen LogP contribution is 2.24. The third-order valence-corrected chi connectivity index (χ3v) is 5.29. The number of nitrogens with zero attached hydrogens (tertiary/aromatic N) is 1. The number of likely N-dealkylation sites (tertiary alicyclic amines) is 1. The van der Waals surface area contributed by atoms with Gasteiger partial charge in [0.25, 0.3) is 5.91 Å². The zero-order valence-electron chi connectivity index (χ0n) is 17.5. The quantitative estimate of drug-likeness (QED) is 0.725. The van der Waals surface area contributed by atoms with E-state index in [1.54, 1.807) is 7.11 Å². The van der Waals surface area contributed by atoms with Crippen LogP contribution in [-0.2, 0) is 11.3 Å². The van der Waals surface area contributed by atoms with Gasteiger partial charge in [0.15, 0.2) is 0 Å². The number of nitrogens with one attached hydrogen (secondary N) is 1. The van der Waals surface area contributed by atoms with Crippen LogP contribution in [0.25, 0.3) is 0 Å². The van der Waals surface area contributed by atoms with Gasteiger partial charge >= 0.3 is 0 Å². The van der Waals surface area contributed by atoms with Crippen LogP contribution < -0.4 is 10.1 Å². The Kier molecular flexibility index (Phi) is 6.91. The van der Waals surface area contributed by atoms with Gasteiger partial charge in [-0.25, -0.2) is 0 Å². The molecule has 2 aromatic rings. The summed E-state index contributed by atoms with van der Waals surface area (Å²) in [6.45, 7) is 5.73. The average molecular weight is 395 g/mol. The van der Waals surface area contributed by atoms with Crippen LogP contribution in [0.5, 0.6) is 5.75 Å². The molecule has 0 aromatic heterocycles. The molecule has 1 aliphatic rings. The highest BCUT2D eigenvalue weighted by molar-refractivity contribution is 5.94. The van der Waals surface area contributed by atoms with Gasteiger partial charge in [-0.05, 0) is 54.2 Å². The molecule has 154 valence electrons. The monoisotopic (exact) mass is 394 g/mol. The number of carbonyl (C=O) groups excluding carboxylic acids is 2. The Hall–Kier alpha value is -2.82. The number of carbonyl (C=O) groups is 2. The van der Waals surface area contributed by atoms with E-state index in [1.807, 2.05) is 53.4 Å². The van der Waals surface area contributed by atoms with Crippen LogP contribution in [-0.4, -0.2) is 30.4 Å². The molecular weight excluding hydrogens is 364 g/mol. The van der Waals surface area contributed by atoms with Crippen LogP contribution in [0.1, 0.15) is 60.6 Å². The Labute approximate surface area is 173 Å². The van der Waals surface area contributed by atoms with E-state index in [2.05, 4.69) is 19.2 Å². The minimum atomic E-state index is -0.0877. The van der Waals surface area contributed by atoms with E-state index < -0.39 is 0 Å². The number of hydrogen-bond acceptors (Lipinski definition) is 3. The predicted molar refractivity (Wildman–Crippen MR) is 114 cm³/mol. The molecule has 0 aliphatic carbocycles. The molecule has 29 heavy (non-hydrogen) atoms. The van der Waals surface area contributed by atoms with Crippen LogP contribution in [0.15, 0.2) is 48.5 Å². The molecule has 0 unspecified atom stereocenters. The van der Waals surface area contributed by atoms with Crippen molar-refractivity contribution < 1.29 is 14.3 Å². The fourth-order valence-electron chi connectivity index (χ4n) is 3.68. The Balaban J connectivity index is 1.67. The first-order chi connectivity index (χ1) is 14.0. The Morgan fingerprint density at radius 2 is 1.79 bits per heavy atom. The molecule has 5 heteroatoms. The minimum absolute atomic E-state index is 0.0599. The molecule has 0 radical (unpaired) electrons. The SMILES string of the molecule is COc1ccc([C@H](CC(C)C)NC(=O)c2ccc(CN3CCCC3=O)cc2)cc1. The maximum atomic E-state index is 12.8. The molecule has 2 aromatic carbocycles. The molecule has 2 amide bonds. The summed E-state index contributed by atoms with van der Waals surface area (Å²) in [5.41, 5.74) is 2.74. The van der Waals surface area contributed by atoms with Gasteiger partial charge in [-0.15, -0.1) is 0 Å². The smallest absolute Gasteiger partial charge is 0.251 e. The molecule has 5 nitrogen and oxygen atoms in total. The first-order valence-corrected chi connectivity index (χ1v) is 10.3. The van der Waals surface area contributed by atoms with Crippen molar-refractivity contribution in [2.75, 3.05) is 13.7 Å². The third kappa shape index (κ3) is 5.59. The Morgan fingerprint density at radius 1 is 1.10 bits per heavy atom. The highest BCUT2D eigenvalue weighted by Gasteiger charge is 2.20. The molecule has 1 saturated heterocycles. The Morgan fingerprint density at radius 3 is 2.34 bits per heavy atom. The molecule has 1 heterocycles. The number of rotatable bonds is 8. The van der Waals surface area contributed by atoms with Gasteiger partial charge in [-0.3, -0.25) is 9.59 Å². The van der Waals surface area contributed by atoms with Crippen molar-refractivity contribution >= 4 is 11.8 Å². The van der Waals surface area contributed by atoms with Gasteiger partial charge in [0.1, 0.15) is 5.75 Å². The van der Waals surface area contributed by atoms with Crippen molar-refractivity contribution in [2.24, 2.45) is 5.92 Å². The Bertz CT molecular complexity index is 828. The number of methoxy groups -OCH3 is 1. The lowest BCUT2D eigenvalue weighted by molar-refractivity contribution is -0.128. The largest absolute Gasteiger partial charge is 0.497 e. The van der Waals surface area contributed by atoms with Crippen molar-refractivity contribution in [2.45, 2.75) is 45.7 Å². The minimum Gasteiger partial charge on any atom is -0.497 e. The van der Waals surface area contributed by atoms with E-state index in [4.69, 9.17) is 4.74 Å². The van der Waals surface area contributed by atoms with E-state index in [-0.39, 0.29) is 17.9 Å². The van der Waals surface area contributed by atoms with Gasteiger partial charge in [-0.2, -0.15) is 0 Å². The molecule has 1 fully saturated rings. The van der Waals surface area contributed by atoms with Gasteiger partial charge in [0.05, 0.1) is 13.2 Å². The summed E-state index contributed by atoms with van der Waals surface area (Å²) >= 11 is 0. The van der Waals surface area contributed by atoms with E-state index in [1.165, 1.54) is 0 Å². The summed E-state index contributed by atoms with van der Waals surface area (Å²) in [6, 6.07) is 15.3. The standard InChI is InChI=1S/C24H30N2O3/c1-17(2)15-22(19-10-12-21(29-3)13-11-19)25-24(28)20-8-6-18(7-9-20)16-26-14-4-5-23(26)27/h6-13,17,22H,4-5,14-16H2,1-3H3,(H,25,28)/t22-/m0/s1. The van der Waals surface area contributed by atoms with E-state index in [9.17, 15) is 9.59 Å². The fraction of sp³-hybridized carbons (Fsp3) is 0.417. The summed E-state index contributed by atoms with van der Waals surface area (Å²) in [4.78, 5) is 26.5. The lowest BCUT2D eigenvalue weighted by atomic mass is 9.96. The summed E-state index contributed by atoms with van der Waals surface area (Å²) in [5.74, 6) is 1.37. The summed E-state index contributed by atoms with van der Waals surface area (Å²) in [7, 11) is 1.64. The molecule has 0 spiro atoms. The second kappa shape index (κ2) is 9.59. The van der Waals surface area contributed by atoms with Crippen LogP contribution in [0.4, 0.5) is 0 Å². The number of benzene rings is 2. The highest BCUT2D eigenvalue weighted by atomic mass is 16.5. The first-order valence-electron chi connectivity index (χ1n) is 10.3. The molecule has 3 rings (SSSR count). The molecule has 1 N–H and O–H groups in total. The van der Waals surface area contributed by atoms with Crippen molar-refractivity contribution in [1.82, 2.24) is 10.2 Å². The molecule has 1 aliphatic heterocycles. The van der Waals surface area contributed by atoms with Crippen LogP contribution in [0.3, 0.4) is 0 Å². The molecule has 0 bridgehead atoms. The predicted octanol–water partition coefficient (Wildman–Crippen LogP) is 4.33. The van der Waals surface area contributed by atoms with Crippen molar-refractivity contribution in [3.8, 4) is 5.75 Å². The van der Waals surface area contributed by atoms with Crippen LogP contribution in [0, 0.1) is 5.92 Å². The molecular formula is C24H30N2O3. The fourth-order valence-corrected chi connectivity index (χ4v) is 3.68. The lowest BCUT2D eigenvalue weighted by Crippen LogP contribution is -2.29. The second-order valence-electron chi connectivity index (χ2n) is 8.04. The second-order valence-corrected chi connectivity index (χ2v) is 8.04. The van der Waals surface area contributed by atoms with Gasteiger partial charge in [0.2, 0.25) is 5.91 Å². The third-order valence-electron chi connectivity index (χ3n) is 5.29. The van der Waals surface area contributed by atoms with Gasteiger partial charge < -0.3 is 15.0 Å². The molecule has 1 atom stereocenters. The normalized spacial score (nSPS) is 14.9. The lowest BCUT2D eigenvalue weighted by Gasteiger charge is -2.22. The van der Waals surface area contributed by atoms with Crippen molar-refractivity contribution in [3.05, 3.63) is 65.2 Å². The maximum absolute atomic E-state index is 12.8. The van der Waals surface area contributed by atoms with E-state index in [0.29, 0.717) is 24.4 Å². The topological polar surface area (TPSA) is 58.6 Å². The average Bonchev–Trinajstić information content (AvgIpc) is 3.12. The van der Waals surface area contributed by atoms with Gasteiger partial charge in [0, 0.05) is 25.1 Å². The molecule has 0 saturated carbocycles. The van der Waals surface area contributed by atoms with Crippen molar-refractivity contribution in [1.29, 1.82) is 0 Å². The summed E-state index contributed by atoms with van der Waals surface area (Å²) in [6.07, 6.45) is 2.43. The zero-order chi connectivity index (χ0) is 20.8. The van der Waals surface area contributed by atoms with E-state index in [0.717, 1.165) is 36.3 Å². The first kappa shape index (κ1) is 20.9. The summed E-state index contributed by atoms with van der Waals surface area (Å²) in [5, 5.41) is 3.17. The van der Waals surface area contributed by atoms with Gasteiger partial charge in [-0.1, -0.05) is 38.1 Å². The van der Waals surface area contributed by atoms with Crippen molar-refractivity contribution in [3.63, 3.8) is 0 Å². The van der Waals surface area contributed by atoms with Crippen LogP contribution >= 0.6 is 0 Å². The van der Waals surface area contributed by atoms with Crippen LogP contribution in [0.2, 0.25) is 0 Å². The number of amides is 2. The number of ether oxygens (including phenoxy) is 1. The summed E-state index contributed by atoms with van der Waals surface area (Å²) < 4.78 is 5.23.